The van der Waals surface area contributed by atoms with Crippen molar-refractivity contribution >= 4 is 23.4 Å². The summed E-state index contributed by atoms with van der Waals surface area (Å²) in [6.45, 7) is 4.24. The number of hydrogen-bond acceptors (Lipinski definition) is 5. The van der Waals surface area contributed by atoms with E-state index in [-0.39, 0.29) is 23.8 Å². The molecule has 1 saturated carbocycles. The SMILES string of the molecule is O=C(Nc1ccc(CN2CCOCC2)cc1)c1ccc2c(c1)C(=O)N(C1CCCCC1)C2=O. The number of imide groups is 1. The number of hydrogen-bond donors (Lipinski definition) is 1. The molecule has 2 heterocycles. The van der Waals surface area contributed by atoms with Crippen molar-refractivity contribution in [3.8, 4) is 0 Å². The maximum atomic E-state index is 13.0. The number of ether oxygens (including phenoxy) is 1. The highest BCUT2D eigenvalue weighted by Crippen LogP contribution is 2.31. The molecule has 0 bridgehead atoms. The lowest BCUT2D eigenvalue weighted by atomic mass is 9.94. The maximum Gasteiger partial charge on any atom is 0.261 e. The molecule has 7 heteroatoms. The van der Waals surface area contributed by atoms with Gasteiger partial charge >= 0.3 is 0 Å². The first kappa shape index (κ1) is 21.8. The van der Waals surface area contributed by atoms with E-state index in [1.807, 2.05) is 24.3 Å². The Morgan fingerprint density at radius 1 is 0.909 bits per heavy atom. The van der Waals surface area contributed by atoms with Gasteiger partial charge in [0.25, 0.3) is 17.7 Å². The monoisotopic (exact) mass is 447 g/mol. The lowest BCUT2D eigenvalue weighted by Crippen LogP contribution is -2.40. The molecule has 3 aliphatic rings. The van der Waals surface area contributed by atoms with Gasteiger partial charge in [-0.1, -0.05) is 31.4 Å². The smallest absolute Gasteiger partial charge is 0.261 e. The van der Waals surface area contributed by atoms with E-state index in [0.717, 1.165) is 65.0 Å². The molecule has 2 aromatic carbocycles. The van der Waals surface area contributed by atoms with Crippen molar-refractivity contribution in [3.05, 3.63) is 64.7 Å². The molecule has 0 spiro atoms. The molecule has 0 atom stereocenters. The molecule has 2 fully saturated rings. The van der Waals surface area contributed by atoms with Gasteiger partial charge in [-0.05, 0) is 48.7 Å². The van der Waals surface area contributed by atoms with Crippen LogP contribution in [0.4, 0.5) is 5.69 Å². The highest BCUT2D eigenvalue weighted by molar-refractivity contribution is 6.22. The van der Waals surface area contributed by atoms with Crippen molar-refractivity contribution in [2.75, 3.05) is 31.6 Å². The van der Waals surface area contributed by atoms with Crippen LogP contribution in [0.5, 0.6) is 0 Å². The molecule has 7 nitrogen and oxygen atoms in total. The number of anilines is 1. The Labute approximate surface area is 193 Å². The fourth-order valence-corrected chi connectivity index (χ4v) is 4.99. The van der Waals surface area contributed by atoms with Crippen LogP contribution in [0.2, 0.25) is 0 Å². The first-order valence-electron chi connectivity index (χ1n) is 11.8. The average Bonchev–Trinajstić information content (AvgIpc) is 3.11. The second kappa shape index (κ2) is 9.45. The third-order valence-electron chi connectivity index (χ3n) is 6.84. The maximum absolute atomic E-state index is 13.0. The fraction of sp³-hybridized carbons (Fsp3) is 0.423. The zero-order valence-corrected chi connectivity index (χ0v) is 18.7. The number of fused-ring (bicyclic) bond motifs is 1. The summed E-state index contributed by atoms with van der Waals surface area (Å²) in [6.07, 6.45) is 4.95. The molecule has 5 rings (SSSR count). The number of nitrogens with one attached hydrogen (secondary N) is 1. The van der Waals surface area contributed by atoms with Crippen molar-refractivity contribution < 1.29 is 19.1 Å². The van der Waals surface area contributed by atoms with Crippen molar-refractivity contribution in [2.24, 2.45) is 0 Å². The van der Waals surface area contributed by atoms with Gasteiger partial charge in [0, 0.05) is 36.9 Å². The van der Waals surface area contributed by atoms with Gasteiger partial charge in [0.15, 0.2) is 0 Å². The van der Waals surface area contributed by atoms with E-state index in [1.54, 1.807) is 18.2 Å². The standard InChI is InChI=1S/C26H29N3O4/c30-24(27-20-9-6-18(7-10-20)17-28-12-14-33-15-13-28)19-8-11-22-23(16-19)26(32)29(25(22)31)21-4-2-1-3-5-21/h6-11,16,21H,1-5,12-15,17H2,(H,27,30). The quantitative estimate of drug-likeness (QED) is 0.707. The van der Waals surface area contributed by atoms with Crippen LogP contribution < -0.4 is 5.32 Å². The number of amides is 3. The summed E-state index contributed by atoms with van der Waals surface area (Å²) in [6, 6.07) is 12.6. The van der Waals surface area contributed by atoms with E-state index in [2.05, 4.69) is 10.2 Å². The lowest BCUT2D eigenvalue weighted by Gasteiger charge is -2.29. The van der Waals surface area contributed by atoms with Crippen molar-refractivity contribution in [1.29, 1.82) is 0 Å². The molecular weight excluding hydrogens is 418 g/mol. The number of nitrogens with zero attached hydrogens (tertiary/aromatic N) is 2. The molecule has 1 aliphatic carbocycles. The number of carbonyl (C=O) groups is 3. The predicted octanol–water partition coefficient (Wildman–Crippen LogP) is 3.70. The topological polar surface area (TPSA) is 79.0 Å². The van der Waals surface area contributed by atoms with Crippen LogP contribution in [-0.4, -0.2) is 59.9 Å². The van der Waals surface area contributed by atoms with Crippen LogP contribution in [-0.2, 0) is 11.3 Å². The summed E-state index contributed by atoms with van der Waals surface area (Å²) in [5.41, 5.74) is 2.98. The molecule has 1 N–H and O–H groups in total. The van der Waals surface area contributed by atoms with E-state index in [4.69, 9.17) is 4.74 Å². The van der Waals surface area contributed by atoms with Crippen molar-refractivity contribution in [2.45, 2.75) is 44.7 Å². The summed E-state index contributed by atoms with van der Waals surface area (Å²) in [5, 5.41) is 2.90. The zero-order valence-electron chi connectivity index (χ0n) is 18.7. The van der Waals surface area contributed by atoms with Crippen LogP contribution in [0, 0.1) is 0 Å². The summed E-state index contributed by atoms with van der Waals surface area (Å²) in [5.74, 6) is -0.802. The molecule has 1 saturated heterocycles. The normalized spacial score (nSPS) is 19.6. The van der Waals surface area contributed by atoms with Gasteiger partial charge in [-0.2, -0.15) is 0 Å². The molecule has 0 aromatic heterocycles. The molecule has 0 unspecified atom stereocenters. The summed E-state index contributed by atoms with van der Waals surface area (Å²) in [4.78, 5) is 42.5. The largest absolute Gasteiger partial charge is 0.379 e. The number of morpholine rings is 1. The van der Waals surface area contributed by atoms with E-state index in [9.17, 15) is 14.4 Å². The molecule has 3 amide bonds. The van der Waals surface area contributed by atoms with E-state index in [1.165, 1.54) is 10.5 Å². The molecule has 33 heavy (non-hydrogen) atoms. The van der Waals surface area contributed by atoms with Gasteiger partial charge in [0.1, 0.15) is 0 Å². The minimum absolute atomic E-state index is 0.0283. The molecule has 2 aromatic rings. The third-order valence-corrected chi connectivity index (χ3v) is 6.84. The third kappa shape index (κ3) is 4.56. The van der Waals surface area contributed by atoms with Crippen LogP contribution in [0.25, 0.3) is 0 Å². The predicted molar refractivity (Wildman–Crippen MR) is 124 cm³/mol. The van der Waals surface area contributed by atoms with Gasteiger partial charge in [-0.15, -0.1) is 0 Å². The second-order valence-corrected chi connectivity index (χ2v) is 9.07. The average molecular weight is 448 g/mol. The van der Waals surface area contributed by atoms with Crippen LogP contribution in [0.3, 0.4) is 0 Å². The number of carbonyl (C=O) groups excluding carboxylic acids is 3. The van der Waals surface area contributed by atoms with Gasteiger partial charge in [-0.3, -0.25) is 24.2 Å². The second-order valence-electron chi connectivity index (χ2n) is 9.07. The Balaban J connectivity index is 1.25. The van der Waals surface area contributed by atoms with E-state index >= 15 is 0 Å². The highest BCUT2D eigenvalue weighted by atomic mass is 16.5. The lowest BCUT2D eigenvalue weighted by molar-refractivity contribution is 0.0342. The van der Waals surface area contributed by atoms with Crippen LogP contribution in [0.1, 0.15) is 68.7 Å². The van der Waals surface area contributed by atoms with Gasteiger partial charge in [0.05, 0.1) is 24.3 Å². The van der Waals surface area contributed by atoms with Crippen LogP contribution >= 0.6 is 0 Å². The molecular formula is C26H29N3O4. The van der Waals surface area contributed by atoms with Crippen molar-refractivity contribution in [3.63, 3.8) is 0 Å². The minimum atomic E-state index is -0.296. The molecule has 172 valence electrons. The Kier molecular flexibility index (Phi) is 6.24. The zero-order chi connectivity index (χ0) is 22.8. The Bertz CT molecular complexity index is 1050. The molecule has 2 aliphatic heterocycles. The van der Waals surface area contributed by atoms with Gasteiger partial charge in [-0.25, -0.2) is 0 Å². The van der Waals surface area contributed by atoms with Gasteiger partial charge < -0.3 is 10.1 Å². The number of benzene rings is 2. The Morgan fingerprint density at radius 2 is 1.61 bits per heavy atom. The Morgan fingerprint density at radius 3 is 2.33 bits per heavy atom. The van der Waals surface area contributed by atoms with Crippen LogP contribution in [0.15, 0.2) is 42.5 Å². The minimum Gasteiger partial charge on any atom is -0.379 e. The summed E-state index contributed by atoms with van der Waals surface area (Å²) < 4.78 is 5.39. The number of rotatable bonds is 5. The first-order chi connectivity index (χ1) is 16.1. The van der Waals surface area contributed by atoms with E-state index in [0.29, 0.717) is 22.4 Å². The molecule has 0 radical (unpaired) electrons. The highest BCUT2D eigenvalue weighted by Gasteiger charge is 2.40. The van der Waals surface area contributed by atoms with Crippen molar-refractivity contribution in [1.82, 2.24) is 9.80 Å². The summed E-state index contributed by atoms with van der Waals surface area (Å²) >= 11 is 0. The Hall–Kier alpha value is -3.03. The van der Waals surface area contributed by atoms with E-state index < -0.39 is 0 Å². The fourth-order valence-electron chi connectivity index (χ4n) is 4.99. The van der Waals surface area contributed by atoms with Gasteiger partial charge in [0.2, 0.25) is 0 Å². The summed E-state index contributed by atoms with van der Waals surface area (Å²) in [7, 11) is 0. The first-order valence-corrected chi connectivity index (χ1v) is 11.8.